The van der Waals surface area contributed by atoms with Crippen molar-refractivity contribution in [3.63, 3.8) is 0 Å². The molecule has 0 aromatic heterocycles. The standard InChI is InChI=1S/C20H16ClNO3/c1-12-4-2-3-5-15(12)16-10-18(23)22(14-8-6-13(21)7-9-14)17-11-25-20(24)19(16)17/h2-9,16H,10-11H2,1H3/t16-/m1/s1. The molecular weight excluding hydrogens is 338 g/mol. The highest BCUT2D eigenvalue weighted by atomic mass is 35.5. The molecule has 5 heteroatoms. The predicted octanol–water partition coefficient (Wildman–Crippen LogP) is 3.98. The molecule has 2 aliphatic rings. The summed E-state index contributed by atoms with van der Waals surface area (Å²) < 4.78 is 5.28. The van der Waals surface area contributed by atoms with Gasteiger partial charge < -0.3 is 4.74 Å². The van der Waals surface area contributed by atoms with Crippen LogP contribution in [0.3, 0.4) is 0 Å². The van der Waals surface area contributed by atoms with E-state index in [2.05, 4.69) is 0 Å². The Morgan fingerprint density at radius 3 is 2.52 bits per heavy atom. The monoisotopic (exact) mass is 353 g/mol. The van der Waals surface area contributed by atoms with Crippen LogP contribution in [0.2, 0.25) is 5.02 Å². The maximum atomic E-state index is 12.9. The molecule has 0 N–H and O–H groups in total. The van der Waals surface area contributed by atoms with Gasteiger partial charge in [0.15, 0.2) is 0 Å². The maximum absolute atomic E-state index is 12.9. The quantitative estimate of drug-likeness (QED) is 0.767. The first-order chi connectivity index (χ1) is 12.1. The van der Waals surface area contributed by atoms with Crippen molar-refractivity contribution in [2.24, 2.45) is 0 Å². The number of halogens is 1. The Morgan fingerprint density at radius 2 is 1.80 bits per heavy atom. The van der Waals surface area contributed by atoms with Crippen LogP contribution in [0, 0.1) is 6.92 Å². The minimum atomic E-state index is -0.338. The first kappa shape index (κ1) is 15.9. The van der Waals surface area contributed by atoms with Crippen molar-refractivity contribution in [1.82, 2.24) is 0 Å². The average Bonchev–Trinajstić information content (AvgIpc) is 2.98. The summed E-state index contributed by atoms with van der Waals surface area (Å²) in [6.45, 7) is 2.11. The Bertz CT molecular complexity index is 901. The summed E-state index contributed by atoms with van der Waals surface area (Å²) in [6.07, 6.45) is 0.238. The third-order valence-corrected chi connectivity index (χ3v) is 5.02. The van der Waals surface area contributed by atoms with Crippen LogP contribution in [0.25, 0.3) is 0 Å². The van der Waals surface area contributed by atoms with E-state index in [1.165, 1.54) is 0 Å². The largest absolute Gasteiger partial charge is 0.456 e. The van der Waals surface area contributed by atoms with Crippen LogP contribution >= 0.6 is 11.6 Å². The van der Waals surface area contributed by atoms with Crippen molar-refractivity contribution in [3.05, 3.63) is 76.0 Å². The lowest BCUT2D eigenvalue weighted by atomic mass is 9.82. The average molecular weight is 354 g/mol. The second kappa shape index (κ2) is 6.05. The Kier molecular flexibility index (Phi) is 3.85. The maximum Gasteiger partial charge on any atom is 0.336 e. The SMILES string of the molecule is Cc1ccccc1[C@H]1CC(=O)N(c2ccc(Cl)cc2)C2=C1C(=O)OC2. The smallest absolute Gasteiger partial charge is 0.336 e. The molecule has 1 amide bonds. The number of anilines is 1. The first-order valence-electron chi connectivity index (χ1n) is 8.10. The fourth-order valence-corrected chi connectivity index (χ4v) is 3.71. The molecule has 0 spiro atoms. The van der Waals surface area contributed by atoms with Gasteiger partial charge >= 0.3 is 5.97 Å². The van der Waals surface area contributed by atoms with Crippen molar-refractivity contribution in [2.75, 3.05) is 11.5 Å². The lowest BCUT2D eigenvalue weighted by molar-refractivity contribution is -0.136. The van der Waals surface area contributed by atoms with Gasteiger partial charge in [0.05, 0.1) is 11.3 Å². The summed E-state index contributed by atoms with van der Waals surface area (Å²) in [5, 5.41) is 0.596. The molecule has 0 unspecified atom stereocenters. The molecule has 0 bridgehead atoms. The molecule has 0 radical (unpaired) electrons. The van der Waals surface area contributed by atoms with Crippen LogP contribution < -0.4 is 4.90 Å². The van der Waals surface area contributed by atoms with Gasteiger partial charge in [-0.1, -0.05) is 35.9 Å². The Balaban J connectivity index is 1.85. The molecule has 4 nitrogen and oxygen atoms in total. The number of aryl methyl sites for hydroxylation is 1. The van der Waals surface area contributed by atoms with E-state index in [4.69, 9.17) is 16.3 Å². The molecule has 2 aliphatic heterocycles. The van der Waals surface area contributed by atoms with Crippen LogP contribution in [0.4, 0.5) is 5.69 Å². The number of amides is 1. The molecule has 126 valence electrons. The van der Waals surface area contributed by atoms with Crippen LogP contribution in [0.1, 0.15) is 23.5 Å². The van der Waals surface area contributed by atoms with Crippen molar-refractivity contribution >= 4 is 29.2 Å². The van der Waals surface area contributed by atoms with E-state index in [-0.39, 0.29) is 30.8 Å². The van der Waals surface area contributed by atoms with E-state index in [9.17, 15) is 9.59 Å². The molecular formula is C20H16ClNO3. The summed E-state index contributed by atoms with van der Waals surface area (Å²) in [4.78, 5) is 26.9. The van der Waals surface area contributed by atoms with E-state index in [0.29, 0.717) is 22.0 Å². The molecule has 2 heterocycles. The van der Waals surface area contributed by atoms with Crippen LogP contribution in [-0.2, 0) is 14.3 Å². The number of ether oxygens (including phenoxy) is 1. The Labute approximate surface area is 150 Å². The summed E-state index contributed by atoms with van der Waals surface area (Å²) in [5.74, 6) is -0.649. The molecule has 4 rings (SSSR count). The highest BCUT2D eigenvalue weighted by Gasteiger charge is 2.43. The number of cyclic esters (lactones) is 1. The number of benzene rings is 2. The topological polar surface area (TPSA) is 46.6 Å². The second-order valence-electron chi connectivity index (χ2n) is 6.26. The lowest BCUT2D eigenvalue weighted by Crippen LogP contribution is -2.37. The number of hydrogen-bond donors (Lipinski definition) is 0. The Morgan fingerprint density at radius 1 is 1.08 bits per heavy atom. The van der Waals surface area contributed by atoms with E-state index in [0.717, 1.165) is 11.1 Å². The molecule has 0 aliphatic carbocycles. The van der Waals surface area contributed by atoms with E-state index >= 15 is 0 Å². The first-order valence-corrected chi connectivity index (χ1v) is 8.48. The van der Waals surface area contributed by atoms with E-state index in [1.807, 2.05) is 31.2 Å². The minimum absolute atomic E-state index is 0.0485. The van der Waals surface area contributed by atoms with Gasteiger partial charge in [-0.05, 0) is 42.3 Å². The Hall–Kier alpha value is -2.59. The zero-order chi connectivity index (χ0) is 17.6. The van der Waals surface area contributed by atoms with Gasteiger partial charge in [0.1, 0.15) is 6.61 Å². The zero-order valence-corrected chi connectivity index (χ0v) is 14.4. The zero-order valence-electron chi connectivity index (χ0n) is 13.7. The third kappa shape index (κ3) is 2.63. The third-order valence-electron chi connectivity index (χ3n) is 4.77. The number of esters is 1. The van der Waals surface area contributed by atoms with Gasteiger partial charge in [-0.25, -0.2) is 4.79 Å². The number of rotatable bonds is 2. The molecule has 0 saturated heterocycles. The van der Waals surface area contributed by atoms with Crippen molar-refractivity contribution in [1.29, 1.82) is 0 Å². The van der Waals surface area contributed by atoms with Gasteiger partial charge in [-0.2, -0.15) is 0 Å². The second-order valence-corrected chi connectivity index (χ2v) is 6.69. The van der Waals surface area contributed by atoms with Crippen molar-refractivity contribution in [3.8, 4) is 0 Å². The van der Waals surface area contributed by atoms with Crippen LogP contribution in [0.5, 0.6) is 0 Å². The highest BCUT2D eigenvalue weighted by molar-refractivity contribution is 6.30. The molecule has 2 aromatic carbocycles. The van der Waals surface area contributed by atoms with Gasteiger partial charge in [0.2, 0.25) is 5.91 Å². The number of carbonyl (C=O) groups excluding carboxylic acids is 2. The number of carbonyl (C=O) groups is 2. The van der Waals surface area contributed by atoms with Gasteiger partial charge in [-0.3, -0.25) is 9.69 Å². The van der Waals surface area contributed by atoms with Crippen LogP contribution in [-0.4, -0.2) is 18.5 Å². The lowest BCUT2D eigenvalue weighted by Gasteiger charge is -2.32. The van der Waals surface area contributed by atoms with Gasteiger partial charge in [0, 0.05) is 23.0 Å². The fourth-order valence-electron chi connectivity index (χ4n) is 3.59. The molecule has 25 heavy (non-hydrogen) atoms. The summed E-state index contributed by atoms with van der Waals surface area (Å²) in [5.41, 5.74) is 3.98. The molecule has 0 saturated carbocycles. The van der Waals surface area contributed by atoms with E-state index in [1.54, 1.807) is 29.2 Å². The predicted molar refractivity (Wildman–Crippen MR) is 95.5 cm³/mol. The summed E-state index contributed by atoms with van der Waals surface area (Å²) >= 11 is 5.95. The highest BCUT2D eigenvalue weighted by Crippen LogP contribution is 2.42. The minimum Gasteiger partial charge on any atom is -0.456 e. The van der Waals surface area contributed by atoms with Crippen LogP contribution in [0.15, 0.2) is 59.8 Å². The number of hydrogen-bond acceptors (Lipinski definition) is 3. The van der Waals surface area contributed by atoms with Gasteiger partial charge in [0.25, 0.3) is 0 Å². The fraction of sp³-hybridized carbons (Fsp3) is 0.200. The van der Waals surface area contributed by atoms with Crippen molar-refractivity contribution < 1.29 is 14.3 Å². The molecule has 2 aromatic rings. The molecule has 1 atom stereocenters. The summed E-state index contributed by atoms with van der Waals surface area (Å²) in [6, 6.07) is 14.9. The van der Waals surface area contributed by atoms with E-state index < -0.39 is 0 Å². The number of nitrogens with zero attached hydrogens (tertiary/aromatic N) is 1. The van der Waals surface area contributed by atoms with Crippen molar-refractivity contribution in [2.45, 2.75) is 19.3 Å². The normalized spacial score (nSPS) is 19.9. The summed E-state index contributed by atoms with van der Waals surface area (Å²) in [7, 11) is 0. The van der Waals surface area contributed by atoms with Gasteiger partial charge in [-0.15, -0.1) is 0 Å². The molecule has 0 fully saturated rings.